The van der Waals surface area contributed by atoms with Gasteiger partial charge in [-0.05, 0) is 18.1 Å². The normalized spacial score (nSPS) is 11.0. The van der Waals surface area contributed by atoms with E-state index in [9.17, 15) is 0 Å². The maximum Gasteiger partial charge on any atom is 0.0666 e. The summed E-state index contributed by atoms with van der Waals surface area (Å²) in [6.07, 6.45) is 7.29. The molecule has 0 saturated heterocycles. The molecule has 2 aromatic heterocycles. The van der Waals surface area contributed by atoms with Gasteiger partial charge in [0.2, 0.25) is 0 Å². The fourth-order valence-electron chi connectivity index (χ4n) is 2.04. The van der Waals surface area contributed by atoms with Crippen LogP contribution in [0, 0.1) is 0 Å². The number of hydrogen-bond donors (Lipinski definition) is 1. The number of aromatic nitrogens is 3. The van der Waals surface area contributed by atoms with E-state index in [1.807, 2.05) is 18.8 Å². The molecule has 0 spiro atoms. The van der Waals surface area contributed by atoms with Gasteiger partial charge in [0.25, 0.3) is 0 Å². The summed E-state index contributed by atoms with van der Waals surface area (Å²) in [7, 11) is 4.01. The van der Waals surface area contributed by atoms with E-state index < -0.39 is 0 Å². The molecule has 0 amide bonds. The first-order valence-corrected chi connectivity index (χ1v) is 6.02. The van der Waals surface area contributed by atoms with Crippen LogP contribution in [-0.4, -0.2) is 14.3 Å². The summed E-state index contributed by atoms with van der Waals surface area (Å²) >= 11 is 0. The minimum absolute atomic E-state index is 0.881. The van der Waals surface area contributed by atoms with Gasteiger partial charge in [-0.25, -0.2) is 0 Å². The first-order valence-electron chi connectivity index (χ1n) is 6.02. The highest BCUT2D eigenvalue weighted by Gasteiger charge is 2.05. The average Bonchev–Trinajstić information content (AvgIpc) is 2.85. The zero-order valence-electron chi connectivity index (χ0n) is 10.8. The number of nitrogens with zero attached hydrogens (tertiary/aromatic N) is 3. The van der Waals surface area contributed by atoms with E-state index in [1.165, 1.54) is 16.8 Å². The van der Waals surface area contributed by atoms with Crippen molar-refractivity contribution in [2.24, 2.45) is 14.1 Å². The Morgan fingerprint density at radius 1 is 1.24 bits per heavy atom. The summed E-state index contributed by atoms with van der Waals surface area (Å²) in [4.78, 5) is 0. The lowest BCUT2D eigenvalue weighted by Gasteiger charge is -2.02. The first kappa shape index (κ1) is 11.9. The summed E-state index contributed by atoms with van der Waals surface area (Å²) in [6.45, 7) is 3.92. The number of nitrogens with one attached hydrogen (secondary N) is 1. The van der Waals surface area contributed by atoms with Crippen LogP contribution < -0.4 is 5.32 Å². The molecule has 2 heterocycles. The van der Waals surface area contributed by atoms with Crippen LogP contribution in [0.2, 0.25) is 0 Å². The van der Waals surface area contributed by atoms with Gasteiger partial charge in [0, 0.05) is 51.3 Å². The average molecular weight is 232 g/mol. The number of aryl methyl sites for hydroxylation is 3. The molecule has 92 valence electrons. The topological polar surface area (TPSA) is 34.8 Å². The van der Waals surface area contributed by atoms with Crippen LogP contribution in [0.15, 0.2) is 24.7 Å². The van der Waals surface area contributed by atoms with Gasteiger partial charge < -0.3 is 9.88 Å². The van der Waals surface area contributed by atoms with Crippen molar-refractivity contribution in [3.63, 3.8) is 0 Å². The summed E-state index contributed by atoms with van der Waals surface area (Å²) in [5.74, 6) is 0. The standard InChI is InChI=1S/C13H20N4/c1-4-13-12(10-17(3)15-13)8-14-7-11-5-6-16(2)9-11/h5-6,9-10,14H,4,7-8H2,1-3H3. The van der Waals surface area contributed by atoms with Gasteiger partial charge in [-0.15, -0.1) is 0 Å². The molecule has 0 unspecified atom stereocenters. The Bertz CT molecular complexity index is 481. The third-order valence-corrected chi connectivity index (χ3v) is 2.86. The molecular formula is C13H20N4. The quantitative estimate of drug-likeness (QED) is 0.850. The number of rotatable bonds is 5. The van der Waals surface area contributed by atoms with Crippen molar-refractivity contribution in [2.75, 3.05) is 0 Å². The maximum absolute atomic E-state index is 4.43. The van der Waals surface area contributed by atoms with Crippen molar-refractivity contribution in [3.8, 4) is 0 Å². The largest absolute Gasteiger partial charge is 0.357 e. The SMILES string of the molecule is CCc1nn(C)cc1CNCc1ccn(C)c1. The van der Waals surface area contributed by atoms with Crippen molar-refractivity contribution in [1.82, 2.24) is 19.7 Å². The molecule has 17 heavy (non-hydrogen) atoms. The molecule has 0 fully saturated rings. The van der Waals surface area contributed by atoms with E-state index >= 15 is 0 Å². The Morgan fingerprint density at radius 2 is 2.06 bits per heavy atom. The lowest BCUT2D eigenvalue weighted by atomic mass is 10.2. The fraction of sp³-hybridized carbons (Fsp3) is 0.462. The van der Waals surface area contributed by atoms with E-state index in [2.05, 4.69) is 46.6 Å². The molecule has 4 nitrogen and oxygen atoms in total. The highest BCUT2D eigenvalue weighted by molar-refractivity contribution is 5.17. The second-order valence-corrected chi connectivity index (χ2v) is 4.42. The number of hydrogen-bond acceptors (Lipinski definition) is 2. The summed E-state index contributed by atoms with van der Waals surface area (Å²) in [5.41, 5.74) is 3.80. The Morgan fingerprint density at radius 3 is 2.71 bits per heavy atom. The fourth-order valence-corrected chi connectivity index (χ4v) is 2.04. The maximum atomic E-state index is 4.43. The van der Waals surface area contributed by atoms with Gasteiger partial charge in [0.05, 0.1) is 5.69 Å². The molecular weight excluding hydrogens is 212 g/mol. The monoisotopic (exact) mass is 232 g/mol. The van der Waals surface area contributed by atoms with Gasteiger partial charge in [0.1, 0.15) is 0 Å². The molecule has 2 aromatic rings. The minimum atomic E-state index is 0.881. The molecule has 2 rings (SSSR count). The molecule has 0 aliphatic rings. The van der Waals surface area contributed by atoms with Gasteiger partial charge in [0.15, 0.2) is 0 Å². The van der Waals surface area contributed by atoms with Gasteiger partial charge in [-0.3, -0.25) is 4.68 Å². The highest BCUT2D eigenvalue weighted by atomic mass is 15.3. The predicted octanol–water partition coefficient (Wildman–Crippen LogP) is 1.61. The summed E-state index contributed by atoms with van der Waals surface area (Å²) in [6, 6.07) is 2.14. The second-order valence-electron chi connectivity index (χ2n) is 4.42. The first-order chi connectivity index (χ1) is 8.19. The molecule has 0 aliphatic carbocycles. The molecule has 0 aliphatic heterocycles. The van der Waals surface area contributed by atoms with Gasteiger partial charge >= 0.3 is 0 Å². The van der Waals surface area contributed by atoms with Gasteiger partial charge in [-0.1, -0.05) is 6.92 Å². The molecule has 1 N–H and O–H groups in total. The van der Waals surface area contributed by atoms with Crippen LogP contribution in [0.5, 0.6) is 0 Å². The van der Waals surface area contributed by atoms with E-state index in [0.29, 0.717) is 0 Å². The summed E-state index contributed by atoms with van der Waals surface area (Å²) in [5, 5.41) is 7.88. The van der Waals surface area contributed by atoms with E-state index in [0.717, 1.165) is 19.5 Å². The second kappa shape index (κ2) is 5.19. The molecule has 0 atom stereocenters. The predicted molar refractivity (Wildman–Crippen MR) is 68.5 cm³/mol. The van der Waals surface area contributed by atoms with Crippen LogP contribution in [-0.2, 0) is 33.6 Å². The third-order valence-electron chi connectivity index (χ3n) is 2.86. The van der Waals surface area contributed by atoms with Crippen molar-refractivity contribution in [2.45, 2.75) is 26.4 Å². The van der Waals surface area contributed by atoms with E-state index in [-0.39, 0.29) is 0 Å². The summed E-state index contributed by atoms with van der Waals surface area (Å²) < 4.78 is 3.96. The van der Waals surface area contributed by atoms with Crippen molar-refractivity contribution in [3.05, 3.63) is 41.5 Å². The minimum Gasteiger partial charge on any atom is -0.357 e. The lowest BCUT2D eigenvalue weighted by molar-refractivity contribution is 0.687. The Labute approximate surface area is 102 Å². The van der Waals surface area contributed by atoms with Gasteiger partial charge in [-0.2, -0.15) is 5.10 Å². The van der Waals surface area contributed by atoms with Crippen LogP contribution in [0.1, 0.15) is 23.7 Å². The smallest absolute Gasteiger partial charge is 0.0666 e. The zero-order valence-corrected chi connectivity index (χ0v) is 10.8. The van der Waals surface area contributed by atoms with Crippen LogP contribution in [0.4, 0.5) is 0 Å². The highest BCUT2D eigenvalue weighted by Crippen LogP contribution is 2.07. The molecule has 0 aromatic carbocycles. The molecule has 0 radical (unpaired) electrons. The molecule has 0 bridgehead atoms. The Hall–Kier alpha value is -1.55. The Kier molecular flexibility index (Phi) is 3.64. The van der Waals surface area contributed by atoms with Crippen molar-refractivity contribution < 1.29 is 0 Å². The zero-order chi connectivity index (χ0) is 12.3. The van der Waals surface area contributed by atoms with E-state index in [1.54, 1.807) is 0 Å². The molecule has 0 saturated carbocycles. The lowest BCUT2D eigenvalue weighted by Crippen LogP contribution is -2.12. The van der Waals surface area contributed by atoms with Crippen LogP contribution in [0.25, 0.3) is 0 Å². The van der Waals surface area contributed by atoms with Crippen LogP contribution in [0.3, 0.4) is 0 Å². The van der Waals surface area contributed by atoms with Crippen molar-refractivity contribution in [1.29, 1.82) is 0 Å². The molecule has 4 heteroatoms. The Balaban J connectivity index is 1.89. The van der Waals surface area contributed by atoms with Crippen molar-refractivity contribution >= 4 is 0 Å². The van der Waals surface area contributed by atoms with E-state index in [4.69, 9.17) is 0 Å². The third kappa shape index (κ3) is 2.97. The van der Waals surface area contributed by atoms with Crippen LogP contribution >= 0.6 is 0 Å².